The molecule has 2 N–H and O–H groups in total. The van der Waals surface area contributed by atoms with Crippen LogP contribution in [0.4, 0.5) is 5.69 Å². The topological polar surface area (TPSA) is 46.3 Å². The Morgan fingerprint density at radius 1 is 1.00 bits per heavy atom. The van der Waals surface area contributed by atoms with Gasteiger partial charge in [-0.3, -0.25) is 4.79 Å². The highest BCUT2D eigenvalue weighted by molar-refractivity contribution is 9.10. The van der Waals surface area contributed by atoms with E-state index in [1.165, 1.54) is 0 Å². The van der Waals surface area contributed by atoms with Gasteiger partial charge in [0.25, 0.3) is 5.91 Å². The van der Waals surface area contributed by atoms with Crippen molar-refractivity contribution in [1.29, 1.82) is 0 Å². The monoisotopic (exact) mass is 290 g/mol. The molecule has 0 saturated heterocycles. The first-order valence-electron chi connectivity index (χ1n) is 5.08. The molecule has 0 heterocycles. The van der Waals surface area contributed by atoms with Gasteiger partial charge in [-0.15, -0.1) is 0 Å². The number of benzene rings is 2. The van der Waals surface area contributed by atoms with E-state index in [2.05, 4.69) is 15.9 Å². The first kappa shape index (κ1) is 11.8. The van der Waals surface area contributed by atoms with Crippen molar-refractivity contribution in [3.8, 4) is 0 Å². The molecule has 3 nitrogen and oxygen atoms in total. The van der Waals surface area contributed by atoms with Crippen LogP contribution >= 0.6 is 15.9 Å². The van der Waals surface area contributed by atoms with Crippen LogP contribution in [-0.4, -0.2) is 5.91 Å². The lowest BCUT2D eigenvalue weighted by Gasteiger charge is -2.16. The average molecular weight is 291 g/mol. The third kappa shape index (κ3) is 2.72. The molecule has 86 valence electrons. The molecule has 0 unspecified atom stereocenters. The van der Waals surface area contributed by atoms with Crippen molar-refractivity contribution in [2.45, 2.75) is 0 Å². The summed E-state index contributed by atoms with van der Waals surface area (Å²) in [6.45, 7) is 0. The van der Waals surface area contributed by atoms with Crippen LogP contribution in [0.5, 0.6) is 0 Å². The molecule has 0 aromatic heterocycles. The molecule has 2 aromatic carbocycles. The highest BCUT2D eigenvalue weighted by atomic mass is 79.9. The van der Waals surface area contributed by atoms with E-state index in [9.17, 15) is 4.79 Å². The summed E-state index contributed by atoms with van der Waals surface area (Å²) in [7, 11) is 0. The molecular weight excluding hydrogens is 280 g/mol. The largest absolute Gasteiger partial charge is 0.272 e. The molecule has 0 aliphatic carbocycles. The van der Waals surface area contributed by atoms with Gasteiger partial charge in [-0.05, 0) is 36.4 Å². The van der Waals surface area contributed by atoms with Crippen molar-refractivity contribution in [3.05, 3.63) is 64.6 Å². The molecule has 0 saturated carbocycles. The van der Waals surface area contributed by atoms with Crippen molar-refractivity contribution < 1.29 is 4.79 Å². The fourth-order valence-electron chi connectivity index (χ4n) is 1.44. The van der Waals surface area contributed by atoms with Crippen LogP contribution in [0, 0.1) is 0 Å². The second kappa shape index (κ2) is 5.12. The molecular formula is C13H11BrN2O. The van der Waals surface area contributed by atoms with Crippen LogP contribution in [0.1, 0.15) is 10.4 Å². The fraction of sp³-hybridized carbons (Fsp3) is 0. The number of halogens is 1. The van der Waals surface area contributed by atoms with Gasteiger partial charge < -0.3 is 0 Å². The lowest BCUT2D eigenvalue weighted by molar-refractivity contribution is 0.0987. The van der Waals surface area contributed by atoms with Gasteiger partial charge in [0.1, 0.15) is 0 Å². The Bertz CT molecular complexity index is 511. The molecule has 0 atom stereocenters. The van der Waals surface area contributed by atoms with E-state index in [-0.39, 0.29) is 5.91 Å². The third-order valence-electron chi connectivity index (χ3n) is 2.34. The minimum Gasteiger partial charge on any atom is -0.267 e. The Morgan fingerprint density at radius 2 is 1.59 bits per heavy atom. The lowest BCUT2D eigenvalue weighted by atomic mass is 10.2. The number of para-hydroxylation sites is 1. The molecule has 0 radical (unpaired) electrons. The van der Waals surface area contributed by atoms with Gasteiger partial charge in [0.2, 0.25) is 0 Å². The quantitative estimate of drug-likeness (QED) is 0.525. The van der Waals surface area contributed by atoms with E-state index < -0.39 is 0 Å². The maximum absolute atomic E-state index is 12.0. The van der Waals surface area contributed by atoms with Gasteiger partial charge in [-0.2, -0.15) is 0 Å². The Morgan fingerprint density at radius 3 is 2.18 bits per heavy atom. The molecule has 4 heteroatoms. The minimum absolute atomic E-state index is 0.233. The molecule has 0 bridgehead atoms. The standard InChI is InChI=1S/C13H11BrN2O/c14-11-8-6-10(7-9-11)13(17)16(15)12-4-2-1-3-5-12/h1-9H,15H2. The number of amides is 1. The van der Waals surface area contributed by atoms with E-state index in [0.29, 0.717) is 11.3 Å². The van der Waals surface area contributed by atoms with Gasteiger partial charge in [0.15, 0.2) is 0 Å². The summed E-state index contributed by atoms with van der Waals surface area (Å²) in [5.74, 6) is 5.55. The number of hydrogen-bond acceptors (Lipinski definition) is 2. The normalized spacial score (nSPS) is 10.0. The number of carbonyl (C=O) groups excluding carboxylic acids is 1. The van der Waals surface area contributed by atoms with Crippen LogP contribution in [0.3, 0.4) is 0 Å². The molecule has 0 aliphatic rings. The van der Waals surface area contributed by atoms with E-state index in [1.54, 1.807) is 24.3 Å². The first-order chi connectivity index (χ1) is 8.18. The summed E-state index contributed by atoms with van der Waals surface area (Å²) in [6, 6.07) is 16.2. The van der Waals surface area contributed by atoms with E-state index in [0.717, 1.165) is 9.48 Å². The van der Waals surface area contributed by atoms with E-state index in [4.69, 9.17) is 5.84 Å². The summed E-state index contributed by atoms with van der Waals surface area (Å²) in [5.41, 5.74) is 1.22. The molecule has 2 aromatic rings. The van der Waals surface area contributed by atoms with Crippen molar-refractivity contribution in [3.63, 3.8) is 0 Å². The second-order valence-electron chi connectivity index (χ2n) is 3.52. The number of nitrogens with zero attached hydrogens (tertiary/aromatic N) is 1. The molecule has 0 aliphatic heterocycles. The molecule has 17 heavy (non-hydrogen) atoms. The lowest BCUT2D eigenvalue weighted by Crippen LogP contribution is -2.37. The Hall–Kier alpha value is -1.65. The zero-order valence-corrected chi connectivity index (χ0v) is 10.6. The number of anilines is 1. The smallest absolute Gasteiger partial charge is 0.267 e. The number of nitrogens with two attached hydrogens (primary N) is 1. The van der Waals surface area contributed by atoms with Crippen LogP contribution in [0.15, 0.2) is 59.1 Å². The SMILES string of the molecule is NN(C(=O)c1ccc(Br)cc1)c1ccccc1. The molecule has 0 spiro atoms. The highest BCUT2D eigenvalue weighted by Gasteiger charge is 2.13. The van der Waals surface area contributed by atoms with Gasteiger partial charge in [-0.25, -0.2) is 10.9 Å². The van der Waals surface area contributed by atoms with Crippen molar-refractivity contribution in [1.82, 2.24) is 0 Å². The number of rotatable bonds is 2. The number of hydrogen-bond donors (Lipinski definition) is 1. The van der Waals surface area contributed by atoms with Crippen LogP contribution in [-0.2, 0) is 0 Å². The molecule has 2 rings (SSSR count). The van der Waals surface area contributed by atoms with Gasteiger partial charge in [0, 0.05) is 10.0 Å². The zero-order chi connectivity index (χ0) is 12.3. The van der Waals surface area contributed by atoms with Gasteiger partial charge >= 0.3 is 0 Å². The predicted octanol–water partition coefficient (Wildman–Crippen LogP) is 2.97. The third-order valence-corrected chi connectivity index (χ3v) is 2.87. The predicted molar refractivity (Wildman–Crippen MR) is 71.6 cm³/mol. The minimum atomic E-state index is -0.233. The van der Waals surface area contributed by atoms with Gasteiger partial charge in [0.05, 0.1) is 5.69 Å². The Labute approximate surface area is 108 Å². The molecule has 0 fully saturated rings. The first-order valence-corrected chi connectivity index (χ1v) is 5.87. The fourth-order valence-corrected chi connectivity index (χ4v) is 1.70. The van der Waals surface area contributed by atoms with Crippen molar-refractivity contribution in [2.75, 3.05) is 5.01 Å². The summed E-state index contributed by atoms with van der Waals surface area (Å²) < 4.78 is 0.928. The van der Waals surface area contributed by atoms with Crippen LogP contribution in [0.2, 0.25) is 0 Å². The second-order valence-corrected chi connectivity index (χ2v) is 4.43. The summed E-state index contributed by atoms with van der Waals surface area (Å²) in [4.78, 5) is 12.0. The summed E-state index contributed by atoms with van der Waals surface area (Å²) in [6.07, 6.45) is 0. The zero-order valence-electron chi connectivity index (χ0n) is 9.01. The average Bonchev–Trinajstić information content (AvgIpc) is 2.39. The number of carbonyl (C=O) groups is 1. The van der Waals surface area contributed by atoms with Crippen LogP contribution in [0.25, 0.3) is 0 Å². The highest BCUT2D eigenvalue weighted by Crippen LogP contribution is 2.15. The van der Waals surface area contributed by atoms with E-state index in [1.807, 2.05) is 30.3 Å². The Kier molecular flexibility index (Phi) is 3.56. The van der Waals surface area contributed by atoms with Crippen LogP contribution < -0.4 is 10.9 Å². The van der Waals surface area contributed by atoms with E-state index >= 15 is 0 Å². The maximum Gasteiger partial charge on any atom is 0.272 e. The Balaban J connectivity index is 2.23. The molecule has 1 amide bonds. The summed E-state index contributed by atoms with van der Waals surface area (Å²) in [5, 5.41) is 1.14. The van der Waals surface area contributed by atoms with Crippen molar-refractivity contribution >= 4 is 27.5 Å². The van der Waals surface area contributed by atoms with Gasteiger partial charge in [-0.1, -0.05) is 34.1 Å². The van der Waals surface area contributed by atoms with Crippen molar-refractivity contribution in [2.24, 2.45) is 5.84 Å². The summed E-state index contributed by atoms with van der Waals surface area (Å²) >= 11 is 3.32. The maximum atomic E-state index is 12.0. The number of hydrazine groups is 1.